The van der Waals surface area contributed by atoms with Crippen LogP contribution in [0.1, 0.15) is 39.0 Å². The molecule has 1 aromatic carbocycles. The molecule has 1 N–H and O–H groups in total. The lowest BCUT2D eigenvalue weighted by Gasteiger charge is -2.44. The van der Waals surface area contributed by atoms with Crippen molar-refractivity contribution in [1.29, 1.82) is 0 Å². The van der Waals surface area contributed by atoms with E-state index in [4.69, 9.17) is 0 Å². The summed E-state index contributed by atoms with van der Waals surface area (Å²) in [6.45, 7) is 4.13. The first kappa shape index (κ1) is 16.6. The van der Waals surface area contributed by atoms with Crippen LogP contribution in [0.25, 0.3) is 0 Å². The third-order valence-electron chi connectivity index (χ3n) is 6.26. The van der Waals surface area contributed by atoms with Gasteiger partial charge in [-0.3, -0.25) is 19.4 Å². The van der Waals surface area contributed by atoms with Crippen molar-refractivity contribution in [1.82, 2.24) is 4.90 Å². The summed E-state index contributed by atoms with van der Waals surface area (Å²) in [5.41, 5.74) is 1.54. The Kier molecular flexibility index (Phi) is 4.50. The fraction of sp³-hybridized carbons (Fsp3) is 0.600. The number of piperidine rings is 1. The fourth-order valence-corrected chi connectivity index (χ4v) is 4.79. The van der Waals surface area contributed by atoms with Gasteiger partial charge in [-0.2, -0.15) is 0 Å². The molecule has 25 heavy (non-hydrogen) atoms. The van der Waals surface area contributed by atoms with Gasteiger partial charge < -0.3 is 5.32 Å². The average molecular weight is 341 g/mol. The Morgan fingerprint density at radius 3 is 2.76 bits per heavy atom. The normalized spacial score (nSPS) is 27.9. The quantitative estimate of drug-likeness (QED) is 0.900. The number of anilines is 2. The molecule has 0 aromatic heterocycles. The molecule has 134 valence electrons. The third-order valence-corrected chi connectivity index (χ3v) is 6.26. The molecule has 2 aliphatic heterocycles. The summed E-state index contributed by atoms with van der Waals surface area (Å²) in [5.74, 6) is 1.52. The molecule has 1 saturated heterocycles. The van der Waals surface area contributed by atoms with Crippen LogP contribution in [-0.2, 0) is 9.59 Å². The first-order valence-electron chi connectivity index (χ1n) is 9.58. The molecule has 2 heterocycles. The van der Waals surface area contributed by atoms with E-state index in [0.29, 0.717) is 0 Å². The molecule has 0 spiro atoms. The van der Waals surface area contributed by atoms with Crippen LogP contribution < -0.4 is 10.2 Å². The number of nitrogens with one attached hydrogen (secondary N) is 1. The van der Waals surface area contributed by atoms with Crippen LogP contribution >= 0.6 is 0 Å². The topological polar surface area (TPSA) is 52.7 Å². The summed E-state index contributed by atoms with van der Waals surface area (Å²) >= 11 is 0. The van der Waals surface area contributed by atoms with Gasteiger partial charge in [-0.1, -0.05) is 31.4 Å². The first-order valence-corrected chi connectivity index (χ1v) is 9.58. The van der Waals surface area contributed by atoms with E-state index in [0.717, 1.165) is 36.3 Å². The van der Waals surface area contributed by atoms with Crippen LogP contribution in [0.5, 0.6) is 0 Å². The van der Waals surface area contributed by atoms with Gasteiger partial charge in [0.15, 0.2) is 0 Å². The first-order chi connectivity index (χ1) is 12.1. The molecule has 1 aromatic rings. The van der Waals surface area contributed by atoms with E-state index in [1.165, 1.54) is 32.1 Å². The van der Waals surface area contributed by atoms with Crippen LogP contribution in [0.15, 0.2) is 24.3 Å². The zero-order valence-corrected chi connectivity index (χ0v) is 14.9. The lowest BCUT2D eigenvalue weighted by Crippen LogP contribution is -2.54. The Balaban J connectivity index is 1.50. The van der Waals surface area contributed by atoms with E-state index in [1.807, 2.05) is 31.2 Å². The Hall–Kier alpha value is -1.88. The Morgan fingerprint density at radius 1 is 1.16 bits per heavy atom. The Bertz CT molecular complexity index is 675. The maximum Gasteiger partial charge on any atom is 0.244 e. The minimum absolute atomic E-state index is 0.0385. The summed E-state index contributed by atoms with van der Waals surface area (Å²) in [6.07, 6.45) is 6.57. The Labute approximate surface area is 149 Å². The molecule has 2 amide bonds. The fourth-order valence-electron chi connectivity index (χ4n) is 4.79. The number of hydrogen-bond acceptors (Lipinski definition) is 3. The van der Waals surface area contributed by atoms with E-state index in [-0.39, 0.29) is 24.4 Å². The number of rotatable bonds is 2. The molecule has 1 saturated carbocycles. The summed E-state index contributed by atoms with van der Waals surface area (Å²) in [7, 11) is 0. The van der Waals surface area contributed by atoms with E-state index < -0.39 is 0 Å². The van der Waals surface area contributed by atoms with Crippen molar-refractivity contribution >= 4 is 23.2 Å². The molecule has 5 nitrogen and oxygen atoms in total. The molecule has 2 fully saturated rings. The van der Waals surface area contributed by atoms with Crippen LogP contribution in [0.4, 0.5) is 11.4 Å². The Morgan fingerprint density at radius 2 is 1.92 bits per heavy atom. The van der Waals surface area contributed by atoms with Gasteiger partial charge in [-0.25, -0.2) is 0 Å². The van der Waals surface area contributed by atoms with Crippen molar-refractivity contribution in [2.24, 2.45) is 11.8 Å². The second-order valence-electron chi connectivity index (χ2n) is 7.75. The number of para-hydroxylation sites is 2. The average Bonchev–Trinajstić information content (AvgIpc) is 2.65. The lowest BCUT2D eigenvalue weighted by atomic mass is 9.75. The number of fused-ring (bicyclic) bond motifs is 2. The highest BCUT2D eigenvalue weighted by molar-refractivity contribution is 6.11. The molecule has 0 radical (unpaired) electrons. The number of benzene rings is 1. The second-order valence-corrected chi connectivity index (χ2v) is 7.75. The minimum Gasteiger partial charge on any atom is -0.323 e. The lowest BCUT2D eigenvalue weighted by molar-refractivity contribution is -0.126. The van der Waals surface area contributed by atoms with Crippen molar-refractivity contribution in [3.05, 3.63) is 24.3 Å². The summed E-state index contributed by atoms with van der Waals surface area (Å²) < 4.78 is 0. The standard InChI is InChI=1S/C20H27N3O2/c1-14(22-11-10-15-6-2-3-7-16(15)12-22)20(25)23-13-19(24)21-17-8-4-5-9-18(17)23/h4-5,8-9,14-16H,2-3,6-7,10-13H2,1H3,(H,21,24)/t14-,15-,16+/m0/s1. The molecule has 4 rings (SSSR count). The SMILES string of the molecule is C[C@@H](C(=O)N1CC(=O)Nc2ccccc21)N1CC[C@@H]2CCCC[C@@H]2C1. The van der Waals surface area contributed by atoms with E-state index in [1.54, 1.807) is 4.90 Å². The summed E-state index contributed by atoms with van der Waals surface area (Å²) in [5, 5.41) is 2.85. The minimum atomic E-state index is -0.179. The van der Waals surface area contributed by atoms with Crippen LogP contribution in [0.2, 0.25) is 0 Å². The maximum absolute atomic E-state index is 13.2. The highest BCUT2D eigenvalue weighted by Gasteiger charge is 2.37. The highest BCUT2D eigenvalue weighted by atomic mass is 16.2. The van der Waals surface area contributed by atoms with Gasteiger partial charge in [0, 0.05) is 6.54 Å². The molecular weight excluding hydrogens is 314 g/mol. The van der Waals surface area contributed by atoms with Gasteiger partial charge in [0.05, 0.1) is 17.4 Å². The van der Waals surface area contributed by atoms with E-state index in [9.17, 15) is 9.59 Å². The maximum atomic E-state index is 13.2. The smallest absolute Gasteiger partial charge is 0.244 e. The number of amides is 2. The number of likely N-dealkylation sites (tertiary alicyclic amines) is 1. The van der Waals surface area contributed by atoms with Gasteiger partial charge in [-0.15, -0.1) is 0 Å². The third kappa shape index (κ3) is 3.17. The van der Waals surface area contributed by atoms with Gasteiger partial charge >= 0.3 is 0 Å². The van der Waals surface area contributed by atoms with Crippen molar-refractivity contribution in [2.75, 3.05) is 29.9 Å². The molecule has 5 heteroatoms. The predicted octanol–water partition coefficient (Wildman–Crippen LogP) is 2.87. The van der Waals surface area contributed by atoms with Gasteiger partial charge in [0.2, 0.25) is 11.8 Å². The number of carbonyl (C=O) groups is 2. The largest absolute Gasteiger partial charge is 0.323 e. The van der Waals surface area contributed by atoms with Crippen LogP contribution in [0, 0.1) is 11.8 Å². The predicted molar refractivity (Wildman–Crippen MR) is 98.5 cm³/mol. The molecule has 3 aliphatic rings. The molecule has 0 unspecified atom stereocenters. The summed E-state index contributed by atoms with van der Waals surface area (Å²) in [4.78, 5) is 29.2. The van der Waals surface area contributed by atoms with Crippen LogP contribution in [0.3, 0.4) is 0 Å². The number of carbonyl (C=O) groups excluding carboxylic acids is 2. The summed E-state index contributed by atoms with van der Waals surface area (Å²) in [6, 6.07) is 7.37. The van der Waals surface area contributed by atoms with Crippen molar-refractivity contribution < 1.29 is 9.59 Å². The van der Waals surface area contributed by atoms with Crippen LogP contribution in [-0.4, -0.2) is 42.4 Å². The van der Waals surface area contributed by atoms with Crippen molar-refractivity contribution in [3.63, 3.8) is 0 Å². The monoisotopic (exact) mass is 341 g/mol. The highest BCUT2D eigenvalue weighted by Crippen LogP contribution is 2.37. The van der Waals surface area contributed by atoms with Crippen molar-refractivity contribution in [3.8, 4) is 0 Å². The molecular formula is C20H27N3O2. The molecule has 0 bridgehead atoms. The van der Waals surface area contributed by atoms with Crippen molar-refractivity contribution in [2.45, 2.75) is 45.1 Å². The van der Waals surface area contributed by atoms with Gasteiger partial charge in [0.25, 0.3) is 0 Å². The molecule has 1 aliphatic carbocycles. The van der Waals surface area contributed by atoms with Gasteiger partial charge in [0.1, 0.15) is 6.54 Å². The zero-order valence-electron chi connectivity index (χ0n) is 14.9. The zero-order chi connectivity index (χ0) is 17.4. The van der Waals surface area contributed by atoms with E-state index >= 15 is 0 Å². The van der Waals surface area contributed by atoms with E-state index in [2.05, 4.69) is 10.2 Å². The molecule has 3 atom stereocenters. The second kappa shape index (κ2) is 6.79. The number of hydrogen-bond donors (Lipinski definition) is 1. The van der Waals surface area contributed by atoms with Gasteiger partial charge in [-0.05, 0) is 50.3 Å². The number of nitrogens with zero attached hydrogens (tertiary/aromatic N) is 2.